The number of carbonyl (C=O) groups is 2. The van der Waals surface area contributed by atoms with Gasteiger partial charge in [-0.3, -0.25) is 4.79 Å². The number of anilines is 1. The number of benzene rings is 1. The highest BCUT2D eigenvalue weighted by Crippen LogP contribution is 2.38. The van der Waals surface area contributed by atoms with E-state index in [9.17, 15) is 14.7 Å². The number of hydrogen-bond acceptors (Lipinski definition) is 3. The van der Waals surface area contributed by atoms with Crippen LogP contribution in [-0.4, -0.2) is 17.0 Å². The minimum absolute atomic E-state index is 0.0364. The molecule has 2 N–H and O–H groups in total. The molecule has 0 atom stereocenters. The van der Waals surface area contributed by atoms with E-state index in [-0.39, 0.29) is 16.5 Å². The Labute approximate surface area is 152 Å². The Morgan fingerprint density at radius 1 is 1.21 bits per heavy atom. The molecule has 0 saturated heterocycles. The number of nitrogens with one attached hydrogen (secondary N) is 1. The molecular formula is C17H11Cl2NO3S. The average molecular weight is 380 g/mol. The molecule has 1 aliphatic rings. The molecule has 1 aromatic heterocycles. The van der Waals surface area contributed by atoms with Gasteiger partial charge in [0.05, 0.1) is 10.0 Å². The fourth-order valence-corrected chi connectivity index (χ4v) is 3.59. The van der Waals surface area contributed by atoms with E-state index >= 15 is 0 Å². The lowest BCUT2D eigenvalue weighted by Gasteiger charge is -2.06. The molecule has 0 unspecified atom stereocenters. The molecular weight excluding hydrogens is 369 g/mol. The van der Waals surface area contributed by atoms with Gasteiger partial charge in [-0.2, -0.15) is 0 Å². The maximum absolute atomic E-state index is 12.2. The van der Waals surface area contributed by atoms with Crippen LogP contribution in [0.4, 0.5) is 5.00 Å². The van der Waals surface area contributed by atoms with E-state index in [1.54, 1.807) is 35.7 Å². The summed E-state index contributed by atoms with van der Waals surface area (Å²) >= 11 is 13.1. The molecule has 0 spiro atoms. The molecule has 1 heterocycles. The lowest BCUT2D eigenvalue weighted by molar-refractivity contribution is -0.112. The number of carboxylic acids is 1. The Kier molecular flexibility index (Phi) is 4.76. The van der Waals surface area contributed by atoms with Crippen molar-refractivity contribution in [3.05, 3.63) is 63.0 Å². The van der Waals surface area contributed by atoms with Gasteiger partial charge in [-0.25, -0.2) is 4.79 Å². The number of rotatable bonds is 4. The fraction of sp³-hybridized carbons (Fsp3) is 0.0588. The Balaban J connectivity index is 1.98. The van der Waals surface area contributed by atoms with Crippen LogP contribution < -0.4 is 5.32 Å². The summed E-state index contributed by atoms with van der Waals surface area (Å²) in [5.41, 5.74) is 1.67. The normalized spacial score (nSPS) is 13.0. The van der Waals surface area contributed by atoms with E-state index in [0.717, 1.165) is 11.3 Å². The van der Waals surface area contributed by atoms with Gasteiger partial charge in [0.15, 0.2) is 0 Å². The highest BCUT2D eigenvalue weighted by Gasteiger charge is 2.22. The number of aromatic carboxylic acids is 1. The molecule has 7 heteroatoms. The molecule has 122 valence electrons. The van der Waals surface area contributed by atoms with Gasteiger partial charge >= 0.3 is 5.97 Å². The van der Waals surface area contributed by atoms with Crippen LogP contribution in [0.1, 0.15) is 16.8 Å². The van der Waals surface area contributed by atoms with Gasteiger partial charge in [0.25, 0.3) is 5.91 Å². The number of hydrogen-bond donors (Lipinski definition) is 2. The zero-order chi connectivity index (χ0) is 17.3. The first-order valence-corrected chi connectivity index (χ1v) is 8.59. The first kappa shape index (κ1) is 16.8. The Bertz CT molecular complexity index is 899. The largest absolute Gasteiger partial charge is 0.478 e. The highest BCUT2D eigenvalue weighted by atomic mass is 35.5. The highest BCUT2D eigenvalue weighted by molar-refractivity contribution is 7.15. The molecule has 24 heavy (non-hydrogen) atoms. The second-order valence-electron chi connectivity index (χ2n) is 5.04. The lowest BCUT2D eigenvalue weighted by Crippen LogP contribution is -2.14. The third-order valence-corrected chi connectivity index (χ3v) is 5.13. The van der Waals surface area contributed by atoms with Crippen LogP contribution in [-0.2, 0) is 4.79 Å². The van der Waals surface area contributed by atoms with Crippen LogP contribution in [0.2, 0.25) is 10.0 Å². The van der Waals surface area contributed by atoms with Crippen molar-refractivity contribution < 1.29 is 14.7 Å². The zero-order valence-electron chi connectivity index (χ0n) is 12.2. The van der Waals surface area contributed by atoms with Gasteiger partial charge in [-0.15, -0.1) is 11.3 Å². The summed E-state index contributed by atoms with van der Waals surface area (Å²) in [5, 5.41) is 14.9. The SMILES string of the molecule is O=C(Nc1scc(-c2ccc(Cl)c(Cl)c2)c1C(=O)O)C1=CCC=C1. The molecule has 0 fully saturated rings. The summed E-state index contributed by atoms with van der Waals surface area (Å²) in [5.74, 6) is -1.45. The van der Waals surface area contributed by atoms with Gasteiger partial charge in [0.1, 0.15) is 10.6 Å². The number of halogens is 2. The van der Waals surface area contributed by atoms with Crippen molar-refractivity contribution in [3.8, 4) is 11.1 Å². The number of carbonyl (C=O) groups excluding carboxylic acids is 1. The van der Waals surface area contributed by atoms with E-state index in [1.807, 2.05) is 6.08 Å². The summed E-state index contributed by atoms with van der Waals surface area (Å²) in [7, 11) is 0. The number of allylic oxidation sites excluding steroid dienone is 2. The van der Waals surface area contributed by atoms with Crippen molar-refractivity contribution in [2.75, 3.05) is 5.32 Å². The molecule has 0 bridgehead atoms. The Hall–Kier alpha value is -2.08. The molecule has 2 aromatic rings. The molecule has 0 radical (unpaired) electrons. The summed E-state index contributed by atoms with van der Waals surface area (Å²) < 4.78 is 0. The zero-order valence-corrected chi connectivity index (χ0v) is 14.5. The molecule has 1 aliphatic carbocycles. The van der Waals surface area contributed by atoms with Crippen LogP contribution in [0.3, 0.4) is 0 Å². The standard InChI is InChI=1S/C17H11Cl2NO3S/c18-12-6-5-10(7-13(12)19)11-8-24-16(14(11)17(22)23)20-15(21)9-3-1-2-4-9/h1,3-8H,2H2,(H,20,21)(H,22,23). The average Bonchev–Trinajstić information content (AvgIpc) is 3.19. The molecule has 1 aromatic carbocycles. The van der Waals surface area contributed by atoms with E-state index in [4.69, 9.17) is 23.2 Å². The van der Waals surface area contributed by atoms with Gasteiger partial charge in [-0.05, 0) is 24.1 Å². The first-order chi connectivity index (χ1) is 11.5. The van der Waals surface area contributed by atoms with Gasteiger partial charge in [0, 0.05) is 16.5 Å². The van der Waals surface area contributed by atoms with Crippen molar-refractivity contribution in [3.63, 3.8) is 0 Å². The van der Waals surface area contributed by atoms with E-state index in [2.05, 4.69) is 5.32 Å². The van der Waals surface area contributed by atoms with Crippen molar-refractivity contribution in [1.29, 1.82) is 0 Å². The van der Waals surface area contributed by atoms with E-state index in [1.165, 1.54) is 0 Å². The monoisotopic (exact) mass is 379 g/mol. The summed E-state index contributed by atoms with van der Waals surface area (Å²) in [4.78, 5) is 23.9. The fourth-order valence-electron chi connectivity index (χ4n) is 2.34. The predicted molar refractivity (Wildman–Crippen MR) is 97.2 cm³/mol. The number of carboxylic acid groups (broad SMARTS) is 1. The second kappa shape index (κ2) is 6.81. The minimum Gasteiger partial charge on any atom is -0.478 e. The van der Waals surface area contributed by atoms with Gasteiger partial charge in [-0.1, -0.05) is 47.5 Å². The Morgan fingerprint density at radius 3 is 2.62 bits per heavy atom. The van der Waals surface area contributed by atoms with Crippen LogP contribution >= 0.6 is 34.5 Å². The van der Waals surface area contributed by atoms with Crippen molar-refractivity contribution >= 4 is 51.4 Å². The first-order valence-electron chi connectivity index (χ1n) is 6.95. The summed E-state index contributed by atoms with van der Waals surface area (Å²) in [6.07, 6.45) is 6.06. The molecule has 0 saturated carbocycles. The minimum atomic E-state index is -1.12. The van der Waals surface area contributed by atoms with Crippen LogP contribution in [0, 0.1) is 0 Å². The van der Waals surface area contributed by atoms with Gasteiger partial charge in [0.2, 0.25) is 0 Å². The van der Waals surface area contributed by atoms with Crippen molar-refractivity contribution in [2.24, 2.45) is 0 Å². The van der Waals surface area contributed by atoms with Crippen LogP contribution in [0.15, 0.2) is 47.4 Å². The summed E-state index contributed by atoms with van der Waals surface area (Å²) in [6, 6.07) is 4.90. The third kappa shape index (κ3) is 3.24. The molecule has 3 rings (SSSR count). The quantitative estimate of drug-likeness (QED) is 0.762. The topological polar surface area (TPSA) is 66.4 Å². The van der Waals surface area contributed by atoms with E-state index in [0.29, 0.717) is 33.2 Å². The predicted octanol–water partition coefficient (Wildman–Crippen LogP) is 5.24. The van der Waals surface area contributed by atoms with E-state index < -0.39 is 5.97 Å². The van der Waals surface area contributed by atoms with Gasteiger partial charge < -0.3 is 10.4 Å². The van der Waals surface area contributed by atoms with Crippen LogP contribution in [0.25, 0.3) is 11.1 Å². The maximum Gasteiger partial charge on any atom is 0.339 e. The third-order valence-electron chi connectivity index (χ3n) is 3.50. The second-order valence-corrected chi connectivity index (χ2v) is 6.73. The molecule has 0 aliphatic heterocycles. The summed E-state index contributed by atoms with van der Waals surface area (Å²) in [6.45, 7) is 0. The molecule has 1 amide bonds. The maximum atomic E-state index is 12.2. The smallest absolute Gasteiger partial charge is 0.339 e. The molecule has 4 nitrogen and oxygen atoms in total. The lowest BCUT2D eigenvalue weighted by atomic mass is 10.0. The number of thiophene rings is 1. The van der Waals surface area contributed by atoms with Crippen LogP contribution in [0.5, 0.6) is 0 Å². The van der Waals surface area contributed by atoms with Crippen molar-refractivity contribution in [2.45, 2.75) is 6.42 Å². The number of amides is 1. The Morgan fingerprint density at radius 2 is 2.00 bits per heavy atom. The van der Waals surface area contributed by atoms with Crippen molar-refractivity contribution in [1.82, 2.24) is 0 Å².